The summed E-state index contributed by atoms with van der Waals surface area (Å²) in [6.45, 7) is 4.02. The molecular formula is C21H23ClFN7S. The first-order valence-electron chi connectivity index (χ1n) is 10.3. The van der Waals surface area contributed by atoms with Gasteiger partial charge in [-0.1, -0.05) is 11.3 Å². The molecule has 162 valence electrons. The number of fused-ring (bicyclic) bond motifs is 4. The van der Waals surface area contributed by atoms with Crippen LogP contribution in [0.3, 0.4) is 0 Å². The molecule has 1 saturated carbocycles. The fraction of sp³-hybridized carbons (Fsp3) is 0.429. The van der Waals surface area contributed by atoms with Gasteiger partial charge in [-0.3, -0.25) is 0 Å². The van der Waals surface area contributed by atoms with E-state index in [0.29, 0.717) is 34.9 Å². The zero-order chi connectivity index (χ0) is 20.4. The largest absolute Gasteiger partial charge is 0.347 e. The summed E-state index contributed by atoms with van der Waals surface area (Å²) in [6, 6.07) is 1.98. The Bertz CT molecular complexity index is 1260. The van der Waals surface area contributed by atoms with Gasteiger partial charge >= 0.3 is 0 Å². The number of halogens is 2. The van der Waals surface area contributed by atoms with Gasteiger partial charge in [-0.05, 0) is 50.8 Å². The monoisotopic (exact) mass is 459 g/mol. The van der Waals surface area contributed by atoms with Crippen LogP contribution in [0, 0.1) is 24.6 Å². The van der Waals surface area contributed by atoms with Gasteiger partial charge in [0.15, 0.2) is 22.4 Å². The fourth-order valence-corrected chi connectivity index (χ4v) is 6.05. The van der Waals surface area contributed by atoms with E-state index in [9.17, 15) is 4.39 Å². The fourth-order valence-electron chi connectivity index (χ4n) is 5.13. The van der Waals surface area contributed by atoms with Crippen LogP contribution < -0.4 is 10.2 Å². The summed E-state index contributed by atoms with van der Waals surface area (Å²) < 4.78 is 16.2. The minimum Gasteiger partial charge on any atom is -0.347 e. The van der Waals surface area contributed by atoms with Gasteiger partial charge in [-0.25, -0.2) is 24.3 Å². The van der Waals surface area contributed by atoms with Crippen molar-refractivity contribution in [3.05, 3.63) is 36.2 Å². The molecule has 10 heteroatoms. The van der Waals surface area contributed by atoms with Gasteiger partial charge in [0.05, 0.1) is 11.9 Å². The highest BCUT2D eigenvalue weighted by atomic mass is 35.5. The first-order chi connectivity index (χ1) is 14.6. The smallest absolute Gasteiger partial charge is 0.188 e. The van der Waals surface area contributed by atoms with Crippen molar-refractivity contribution in [2.24, 2.45) is 11.8 Å². The molecule has 31 heavy (non-hydrogen) atoms. The maximum atomic E-state index is 14.5. The average Bonchev–Trinajstić information content (AvgIpc) is 3.40. The normalized spacial score (nSPS) is 22.7. The molecule has 5 heterocycles. The van der Waals surface area contributed by atoms with Gasteiger partial charge in [0.1, 0.15) is 10.3 Å². The van der Waals surface area contributed by atoms with E-state index in [4.69, 9.17) is 9.97 Å². The van der Waals surface area contributed by atoms with E-state index < -0.39 is 0 Å². The Balaban J connectivity index is 0.00000204. The van der Waals surface area contributed by atoms with Gasteiger partial charge < -0.3 is 14.6 Å². The molecule has 0 amide bonds. The molecule has 2 atom stereocenters. The van der Waals surface area contributed by atoms with Gasteiger partial charge in [-0.2, -0.15) is 0 Å². The standard InChI is InChI=1S/C21H22FN7S.ClH/c1-11-9-29-10-14(5-15(22)19(29)25-11)18-24-8-16-20(27-18)30-21(26-16)28(2)17-12-3-4-13(17)7-23-6-12;/h5,8-10,12-13,17,23H,3-4,6-7H2,1-2H3;1H. The van der Waals surface area contributed by atoms with Crippen molar-refractivity contribution in [1.29, 1.82) is 0 Å². The van der Waals surface area contributed by atoms with E-state index in [1.807, 2.05) is 13.1 Å². The predicted octanol–water partition coefficient (Wildman–Crippen LogP) is 3.70. The number of pyridine rings is 1. The van der Waals surface area contributed by atoms with Crippen molar-refractivity contribution in [1.82, 2.24) is 29.7 Å². The lowest BCUT2D eigenvalue weighted by Crippen LogP contribution is -2.50. The number of hydrogen-bond acceptors (Lipinski definition) is 7. The third kappa shape index (κ3) is 3.35. The predicted molar refractivity (Wildman–Crippen MR) is 123 cm³/mol. The average molecular weight is 460 g/mol. The third-order valence-corrected chi connectivity index (χ3v) is 7.52. The lowest BCUT2D eigenvalue weighted by Gasteiger charge is -2.37. The Morgan fingerprint density at radius 1 is 1.16 bits per heavy atom. The maximum absolute atomic E-state index is 14.5. The highest BCUT2D eigenvalue weighted by Crippen LogP contribution is 2.40. The van der Waals surface area contributed by atoms with E-state index in [0.717, 1.165) is 34.3 Å². The number of nitrogens with one attached hydrogen (secondary N) is 1. The lowest BCUT2D eigenvalue weighted by molar-refractivity contribution is 0.314. The number of rotatable bonds is 3. The zero-order valence-corrected chi connectivity index (χ0v) is 18.9. The van der Waals surface area contributed by atoms with Crippen molar-refractivity contribution in [2.75, 3.05) is 25.0 Å². The van der Waals surface area contributed by atoms with Gasteiger partial charge in [0.2, 0.25) is 0 Å². The number of thiazole rings is 1. The molecule has 4 aromatic rings. The van der Waals surface area contributed by atoms with Crippen LogP contribution >= 0.6 is 23.7 Å². The quantitative estimate of drug-likeness (QED) is 0.503. The van der Waals surface area contributed by atoms with Crippen LogP contribution in [-0.4, -0.2) is 50.5 Å². The molecular weight excluding hydrogens is 437 g/mol. The Hall–Kier alpha value is -2.36. The summed E-state index contributed by atoms with van der Waals surface area (Å²) in [4.78, 5) is 21.3. The van der Waals surface area contributed by atoms with Crippen molar-refractivity contribution < 1.29 is 4.39 Å². The minimum absolute atomic E-state index is 0. The van der Waals surface area contributed by atoms with E-state index in [-0.39, 0.29) is 18.2 Å². The summed E-state index contributed by atoms with van der Waals surface area (Å²) in [5.41, 5.74) is 2.49. The number of aryl methyl sites for hydroxylation is 1. The van der Waals surface area contributed by atoms with Crippen molar-refractivity contribution in [3.63, 3.8) is 0 Å². The molecule has 7 nitrogen and oxygen atoms in total. The molecule has 2 fully saturated rings. The zero-order valence-electron chi connectivity index (χ0n) is 17.2. The van der Waals surface area contributed by atoms with Crippen molar-refractivity contribution in [3.8, 4) is 11.4 Å². The van der Waals surface area contributed by atoms with Crippen molar-refractivity contribution >= 4 is 44.9 Å². The van der Waals surface area contributed by atoms with Crippen molar-refractivity contribution in [2.45, 2.75) is 25.8 Å². The summed E-state index contributed by atoms with van der Waals surface area (Å²) >= 11 is 1.58. The van der Waals surface area contributed by atoms with Crippen LogP contribution in [0.2, 0.25) is 0 Å². The van der Waals surface area contributed by atoms with Gasteiger partial charge in [0.25, 0.3) is 0 Å². The van der Waals surface area contributed by atoms with E-state index in [2.05, 4.69) is 27.2 Å². The lowest BCUT2D eigenvalue weighted by atomic mass is 9.93. The summed E-state index contributed by atoms with van der Waals surface area (Å²) in [7, 11) is 2.15. The van der Waals surface area contributed by atoms with Gasteiger partial charge in [0, 0.05) is 31.0 Å². The number of imidazole rings is 1. The number of anilines is 1. The van der Waals surface area contributed by atoms with Crippen LogP contribution in [0.15, 0.2) is 24.7 Å². The van der Waals surface area contributed by atoms with Crippen LogP contribution in [0.5, 0.6) is 0 Å². The van der Waals surface area contributed by atoms with Crippen LogP contribution in [0.25, 0.3) is 27.4 Å². The molecule has 1 saturated heterocycles. The number of nitrogens with zero attached hydrogens (tertiary/aromatic N) is 6. The van der Waals surface area contributed by atoms with Gasteiger partial charge in [-0.15, -0.1) is 12.4 Å². The van der Waals surface area contributed by atoms with E-state index in [1.54, 1.807) is 28.1 Å². The number of piperidine rings is 1. The summed E-state index contributed by atoms with van der Waals surface area (Å²) in [5, 5.41) is 4.53. The molecule has 0 aromatic carbocycles. The minimum atomic E-state index is -0.379. The topological polar surface area (TPSA) is 71.2 Å². The maximum Gasteiger partial charge on any atom is 0.188 e. The molecule has 4 aromatic heterocycles. The molecule has 0 spiro atoms. The molecule has 6 rings (SSSR count). The first kappa shape index (κ1) is 20.5. The number of aromatic nitrogens is 5. The molecule has 0 radical (unpaired) electrons. The van der Waals surface area contributed by atoms with E-state index in [1.165, 1.54) is 18.9 Å². The second kappa shape index (κ2) is 7.65. The Labute approximate surface area is 189 Å². The summed E-state index contributed by atoms with van der Waals surface area (Å²) in [6.07, 6.45) is 7.92. The molecule has 2 unspecified atom stereocenters. The first-order valence-corrected chi connectivity index (χ1v) is 11.1. The molecule has 1 aliphatic carbocycles. The number of hydrogen-bond donors (Lipinski definition) is 1. The second-order valence-electron chi connectivity index (χ2n) is 8.43. The molecule has 2 aliphatic rings. The van der Waals surface area contributed by atoms with Crippen LogP contribution in [0.4, 0.5) is 9.52 Å². The molecule has 1 N–H and O–H groups in total. The highest BCUT2D eigenvalue weighted by Gasteiger charge is 2.42. The highest BCUT2D eigenvalue weighted by molar-refractivity contribution is 7.21. The molecule has 2 bridgehead atoms. The van der Waals surface area contributed by atoms with Crippen LogP contribution in [0.1, 0.15) is 18.5 Å². The Kier molecular flexibility index (Phi) is 5.07. The second-order valence-corrected chi connectivity index (χ2v) is 9.38. The third-order valence-electron chi connectivity index (χ3n) is 6.46. The summed E-state index contributed by atoms with van der Waals surface area (Å²) in [5.74, 6) is 1.47. The van der Waals surface area contributed by atoms with Crippen LogP contribution in [-0.2, 0) is 0 Å². The SMILES string of the molecule is Cc1cn2cc(-c3ncc4nc(N(C)C5C6CCC5CNC6)sc4n3)cc(F)c2n1.Cl. The molecule has 1 aliphatic heterocycles. The Morgan fingerprint density at radius 3 is 2.71 bits per heavy atom. The van der Waals surface area contributed by atoms with E-state index >= 15 is 0 Å². The Morgan fingerprint density at radius 2 is 1.94 bits per heavy atom.